The number of amides is 1. The molecular weight excluding hydrogens is 260 g/mol. The molecule has 5 nitrogen and oxygen atoms in total. The van der Waals surface area contributed by atoms with Gasteiger partial charge in [0.25, 0.3) is 5.91 Å². The summed E-state index contributed by atoms with van der Waals surface area (Å²) in [5.74, 6) is 6.09. The lowest BCUT2D eigenvalue weighted by Crippen LogP contribution is -2.11. The lowest BCUT2D eigenvalue weighted by molar-refractivity contribution is 0.102. The van der Waals surface area contributed by atoms with Crippen LogP contribution in [0.4, 0.5) is 5.13 Å². The van der Waals surface area contributed by atoms with E-state index in [2.05, 4.69) is 26.5 Å². The largest absolute Gasteiger partial charge is 0.320 e. The van der Waals surface area contributed by atoms with E-state index >= 15 is 0 Å². The molecule has 1 aromatic carbocycles. The van der Waals surface area contributed by atoms with Crippen LogP contribution in [0.1, 0.15) is 21.7 Å². The number of aromatic nitrogens is 2. The molecule has 0 aliphatic carbocycles. The molecule has 0 atom stereocenters. The van der Waals surface area contributed by atoms with Crippen molar-refractivity contribution < 1.29 is 4.79 Å². The van der Waals surface area contributed by atoms with Gasteiger partial charge in [0, 0.05) is 22.7 Å². The van der Waals surface area contributed by atoms with Crippen LogP contribution in [0.25, 0.3) is 0 Å². The Bertz CT molecular complexity index is 637. The Kier molecular flexibility index (Phi) is 4.23. The smallest absolute Gasteiger partial charge is 0.257 e. The Morgan fingerprint density at radius 1 is 1.42 bits per heavy atom. The second-order valence-corrected chi connectivity index (χ2v) is 4.44. The molecule has 0 spiro atoms. The molecule has 0 aliphatic rings. The van der Waals surface area contributed by atoms with Crippen molar-refractivity contribution in [1.82, 2.24) is 9.36 Å². The monoisotopic (exact) mass is 272 g/mol. The van der Waals surface area contributed by atoms with Crippen LogP contribution >= 0.6 is 11.5 Å². The van der Waals surface area contributed by atoms with Gasteiger partial charge in [0.1, 0.15) is 5.82 Å². The highest BCUT2D eigenvalue weighted by Gasteiger charge is 2.08. The number of nitrogens with one attached hydrogen (secondary N) is 1. The second kappa shape index (κ2) is 6.09. The predicted molar refractivity (Wildman–Crippen MR) is 75.0 cm³/mol. The SMILES string of the molecule is Cc1nsc(NC(=O)c2ccc(C#CCN)cc2)n1. The molecule has 0 saturated heterocycles. The molecule has 0 bridgehead atoms. The van der Waals surface area contributed by atoms with Crippen molar-refractivity contribution in [2.45, 2.75) is 6.92 Å². The summed E-state index contributed by atoms with van der Waals surface area (Å²) in [4.78, 5) is 16.0. The fourth-order valence-corrected chi connectivity index (χ4v) is 1.95. The van der Waals surface area contributed by atoms with Gasteiger partial charge >= 0.3 is 0 Å². The first-order chi connectivity index (χ1) is 9.19. The lowest BCUT2D eigenvalue weighted by atomic mass is 10.1. The van der Waals surface area contributed by atoms with E-state index < -0.39 is 0 Å². The number of hydrogen-bond donors (Lipinski definition) is 2. The van der Waals surface area contributed by atoms with Crippen LogP contribution in [0.15, 0.2) is 24.3 Å². The minimum Gasteiger partial charge on any atom is -0.320 e. The highest BCUT2D eigenvalue weighted by Crippen LogP contribution is 2.12. The molecule has 19 heavy (non-hydrogen) atoms. The number of nitrogens with two attached hydrogens (primary N) is 1. The molecule has 2 rings (SSSR count). The van der Waals surface area contributed by atoms with E-state index in [4.69, 9.17) is 5.73 Å². The first-order valence-corrected chi connectivity index (χ1v) is 6.37. The maximum absolute atomic E-state index is 11.9. The third kappa shape index (κ3) is 3.61. The summed E-state index contributed by atoms with van der Waals surface area (Å²) in [6.45, 7) is 2.09. The normalized spacial score (nSPS) is 9.58. The summed E-state index contributed by atoms with van der Waals surface area (Å²) in [7, 11) is 0. The third-order valence-electron chi connectivity index (χ3n) is 2.23. The third-order valence-corrected chi connectivity index (χ3v) is 2.95. The number of benzene rings is 1. The predicted octanol–water partition coefficient (Wildman–Crippen LogP) is 1.41. The number of aryl methyl sites for hydroxylation is 1. The molecular formula is C13H12N4OS. The molecule has 6 heteroatoms. The molecule has 3 N–H and O–H groups in total. The van der Waals surface area contributed by atoms with Gasteiger partial charge < -0.3 is 5.73 Å². The maximum atomic E-state index is 11.9. The maximum Gasteiger partial charge on any atom is 0.257 e. The number of anilines is 1. The summed E-state index contributed by atoms with van der Waals surface area (Å²) in [6, 6.07) is 6.99. The van der Waals surface area contributed by atoms with Crippen LogP contribution in [0, 0.1) is 18.8 Å². The van der Waals surface area contributed by atoms with Crippen LogP contribution in [0.2, 0.25) is 0 Å². The minimum atomic E-state index is -0.213. The van der Waals surface area contributed by atoms with E-state index in [1.807, 2.05) is 0 Å². The van der Waals surface area contributed by atoms with Gasteiger partial charge in [-0.1, -0.05) is 11.8 Å². The van der Waals surface area contributed by atoms with Crippen LogP contribution in [-0.2, 0) is 0 Å². The Labute approximate surface area is 115 Å². The molecule has 0 fully saturated rings. The Morgan fingerprint density at radius 2 is 2.16 bits per heavy atom. The van der Waals surface area contributed by atoms with E-state index in [0.717, 1.165) is 17.1 Å². The van der Waals surface area contributed by atoms with Crippen LogP contribution in [0.3, 0.4) is 0 Å². The average Bonchev–Trinajstić information content (AvgIpc) is 2.82. The van der Waals surface area contributed by atoms with Gasteiger partial charge in [0.15, 0.2) is 0 Å². The van der Waals surface area contributed by atoms with Crippen molar-refractivity contribution in [3.63, 3.8) is 0 Å². The van der Waals surface area contributed by atoms with Gasteiger partial charge in [0.2, 0.25) is 5.13 Å². The Hall–Kier alpha value is -2.23. The number of hydrogen-bond acceptors (Lipinski definition) is 5. The molecule has 0 unspecified atom stereocenters. The summed E-state index contributed by atoms with van der Waals surface area (Å²) >= 11 is 1.16. The number of carbonyl (C=O) groups is 1. The van der Waals surface area contributed by atoms with Crippen LogP contribution < -0.4 is 11.1 Å². The summed E-state index contributed by atoms with van der Waals surface area (Å²) in [5.41, 5.74) is 6.67. The Balaban J connectivity index is 2.07. The topological polar surface area (TPSA) is 80.9 Å². The first kappa shape index (κ1) is 13.2. The van der Waals surface area contributed by atoms with Gasteiger partial charge in [-0.25, -0.2) is 4.98 Å². The molecule has 0 aliphatic heterocycles. The quantitative estimate of drug-likeness (QED) is 0.810. The van der Waals surface area contributed by atoms with Crippen molar-refractivity contribution in [1.29, 1.82) is 0 Å². The molecule has 1 amide bonds. The van der Waals surface area contributed by atoms with E-state index in [-0.39, 0.29) is 5.91 Å². The van der Waals surface area contributed by atoms with Crippen molar-refractivity contribution in [3.8, 4) is 11.8 Å². The van der Waals surface area contributed by atoms with Crippen LogP contribution in [-0.4, -0.2) is 21.8 Å². The fourth-order valence-electron chi connectivity index (χ4n) is 1.38. The molecule has 0 saturated carbocycles. The lowest BCUT2D eigenvalue weighted by Gasteiger charge is -2.01. The van der Waals surface area contributed by atoms with E-state index in [1.165, 1.54) is 0 Å². The van der Waals surface area contributed by atoms with E-state index in [0.29, 0.717) is 23.1 Å². The van der Waals surface area contributed by atoms with Crippen molar-refractivity contribution >= 4 is 22.6 Å². The molecule has 1 aromatic heterocycles. The highest BCUT2D eigenvalue weighted by atomic mass is 32.1. The van der Waals surface area contributed by atoms with E-state index in [9.17, 15) is 4.79 Å². The Morgan fingerprint density at radius 3 is 2.74 bits per heavy atom. The highest BCUT2D eigenvalue weighted by molar-refractivity contribution is 7.09. The zero-order chi connectivity index (χ0) is 13.7. The first-order valence-electron chi connectivity index (χ1n) is 5.59. The summed E-state index contributed by atoms with van der Waals surface area (Å²) in [6.07, 6.45) is 0. The zero-order valence-corrected chi connectivity index (χ0v) is 11.1. The van der Waals surface area contributed by atoms with E-state index in [1.54, 1.807) is 31.2 Å². The standard InChI is InChI=1S/C13H12N4OS/c1-9-15-13(19-17-9)16-12(18)11-6-4-10(5-7-11)3-2-8-14/h4-7H,8,14H2,1H3,(H,15,16,17,18). The minimum absolute atomic E-state index is 0.213. The van der Waals surface area contributed by atoms with Gasteiger partial charge in [-0.2, -0.15) is 4.37 Å². The number of carbonyl (C=O) groups excluding carboxylic acids is 1. The van der Waals surface area contributed by atoms with Crippen LogP contribution in [0.5, 0.6) is 0 Å². The van der Waals surface area contributed by atoms with Gasteiger partial charge in [-0.15, -0.1) is 0 Å². The van der Waals surface area contributed by atoms with Crippen molar-refractivity contribution in [2.24, 2.45) is 5.73 Å². The van der Waals surface area contributed by atoms with Gasteiger partial charge in [-0.05, 0) is 31.2 Å². The second-order valence-electron chi connectivity index (χ2n) is 3.68. The molecule has 1 heterocycles. The number of nitrogens with zero attached hydrogens (tertiary/aromatic N) is 2. The van der Waals surface area contributed by atoms with Crippen molar-refractivity contribution in [3.05, 3.63) is 41.2 Å². The zero-order valence-electron chi connectivity index (χ0n) is 10.3. The molecule has 96 valence electrons. The molecule has 0 radical (unpaired) electrons. The van der Waals surface area contributed by atoms with Gasteiger partial charge in [0.05, 0.1) is 6.54 Å². The van der Waals surface area contributed by atoms with Crippen molar-refractivity contribution in [2.75, 3.05) is 11.9 Å². The summed E-state index contributed by atoms with van der Waals surface area (Å²) in [5, 5.41) is 3.19. The fraction of sp³-hybridized carbons (Fsp3) is 0.154. The summed E-state index contributed by atoms with van der Waals surface area (Å²) < 4.78 is 4.00. The molecule has 2 aromatic rings. The number of rotatable bonds is 2. The van der Waals surface area contributed by atoms with Gasteiger partial charge in [-0.3, -0.25) is 10.1 Å². The average molecular weight is 272 g/mol.